The molecule has 0 fully saturated rings. The van der Waals surface area contributed by atoms with Crippen LogP contribution in [-0.2, 0) is 4.79 Å². The van der Waals surface area contributed by atoms with E-state index in [2.05, 4.69) is 5.32 Å². The average Bonchev–Trinajstić information content (AvgIpc) is 2.60. The number of halogens is 1. The van der Waals surface area contributed by atoms with Gasteiger partial charge in [0, 0.05) is 12.1 Å². The monoisotopic (exact) mass is 341 g/mol. The van der Waals surface area contributed by atoms with Crippen molar-refractivity contribution in [3.63, 3.8) is 0 Å². The maximum Gasteiger partial charge on any atom is 0.337 e. The predicted molar refractivity (Wildman–Crippen MR) is 93.3 cm³/mol. The van der Waals surface area contributed by atoms with Crippen molar-refractivity contribution < 1.29 is 14.7 Å². The van der Waals surface area contributed by atoms with Gasteiger partial charge in [0.15, 0.2) is 5.78 Å². The zero-order chi connectivity index (χ0) is 17.1. The van der Waals surface area contributed by atoms with Gasteiger partial charge in [-0.2, -0.15) is 0 Å². The fourth-order valence-corrected chi connectivity index (χ4v) is 3.10. The molecule has 0 spiro atoms. The largest absolute Gasteiger partial charge is 0.478 e. The van der Waals surface area contributed by atoms with Crippen LogP contribution in [0.2, 0.25) is 0 Å². The van der Waals surface area contributed by atoms with E-state index in [-0.39, 0.29) is 22.3 Å². The second-order valence-electron chi connectivity index (χ2n) is 5.71. The minimum atomic E-state index is -1.03. The summed E-state index contributed by atoms with van der Waals surface area (Å²) in [6.45, 7) is 0. The number of hydrogen-bond donors (Lipinski definition) is 2. The first-order valence-electron chi connectivity index (χ1n) is 7.62. The van der Waals surface area contributed by atoms with Crippen LogP contribution in [0.25, 0.3) is 0 Å². The molecule has 3 rings (SSSR count). The SMILES string of the molecule is O=C1C[C@@H](c2ccccc2)CC(Nc2ccccc2C(=O)O)=C1Cl. The number of carbonyl (C=O) groups is 2. The molecule has 0 saturated carbocycles. The summed E-state index contributed by atoms with van der Waals surface area (Å²) in [5.41, 5.74) is 2.21. The highest BCUT2D eigenvalue weighted by Crippen LogP contribution is 2.36. The Bertz CT molecular complexity index is 814. The lowest BCUT2D eigenvalue weighted by Crippen LogP contribution is -2.20. The minimum Gasteiger partial charge on any atom is -0.478 e. The van der Waals surface area contributed by atoms with E-state index in [1.807, 2.05) is 30.3 Å². The van der Waals surface area contributed by atoms with Gasteiger partial charge in [0.1, 0.15) is 5.03 Å². The molecule has 24 heavy (non-hydrogen) atoms. The highest BCUT2D eigenvalue weighted by atomic mass is 35.5. The van der Waals surface area contributed by atoms with Crippen LogP contribution >= 0.6 is 11.6 Å². The Kier molecular flexibility index (Phi) is 4.67. The third-order valence-corrected chi connectivity index (χ3v) is 4.54. The number of aromatic carboxylic acids is 1. The summed E-state index contributed by atoms with van der Waals surface area (Å²) in [4.78, 5) is 23.6. The summed E-state index contributed by atoms with van der Waals surface area (Å²) in [5.74, 6) is -1.13. The van der Waals surface area contributed by atoms with Crippen LogP contribution in [0.4, 0.5) is 5.69 Å². The molecule has 1 aliphatic rings. The van der Waals surface area contributed by atoms with Crippen molar-refractivity contribution in [2.45, 2.75) is 18.8 Å². The van der Waals surface area contributed by atoms with E-state index in [1.165, 1.54) is 6.07 Å². The van der Waals surface area contributed by atoms with E-state index < -0.39 is 5.97 Å². The van der Waals surface area contributed by atoms with E-state index in [0.29, 0.717) is 24.2 Å². The van der Waals surface area contributed by atoms with Gasteiger partial charge in [-0.15, -0.1) is 0 Å². The summed E-state index contributed by atoms with van der Waals surface area (Å²) in [6.07, 6.45) is 0.914. The summed E-state index contributed by atoms with van der Waals surface area (Å²) < 4.78 is 0. The quantitative estimate of drug-likeness (QED) is 0.865. The van der Waals surface area contributed by atoms with Gasteiger partial charge >= 0.3 is 5.97 Å². The Morgan fingerprint density at radius 3 is 2.42 bits per heavy atom. The van der Waals surface area contributed by atoms with E-state index in [0.717, 1.165) is 5.56 Å². The molecule has 5 heteroatoms. The van der Waals surface area contributed by atoms with Crippen LogP contribution in [0.15, 0.2) is 65.3 Å². The second-order valence-corrected chi connectivity index (χ2v) is 6.09. The average molecular weight is 342 g/mol. The number of allylic oxidation sites excluding steroid dienone is 2. The molecule has 122 valence electrons. The summed E-state index contributed by atoms with van der Waals surface area (Å²) in [6, 6.07) is 16.3. The van der Waals surface area contributed by atoms with Gasteiger partial charge in [-0.05, 0) is 30.0 Å². The zero-order valence-electron chi connectivity index (χ0n) is 12.8. The van der Waals surface area contributed by atoms with Crippen molar-refractivity contribution in [1.29, 1.82) is 0 Å². The number of Topliss-reactive ketones (excluding diaryl/α,β-unsaturated/α-hetero) is 1. The topological polar surface area (TPSA) is 66.4 Å². The van der Waals surface area contributed by atoms with Crippen molar-refractivity contribution in [1.82, 2.24) is 0 Å². The van der Waals surface area contributed by atoms with Gasteiger partial charge < -0.3 is 10.4 Å². The first kappa shape index (κ1) is 16.3. The maximum absolute atomic E-state index is 12.3. The van der Waals surface area contributed by atoms with E-state index >= 15 is 0 Å². The second kappa shape index (κ2) is 6.89. The van der Waals surface area contributed by atoms with Crippen LogP contribution in [0.5, 0.6) is 0 Å². The Hall–Kier alpha value is -2.59. The Labute approximate surface area is 144 Å². The molecule has 0 unspecified atom stereocenters. The van der Waals surface area contributed by atoms with E-state index in [1.54, 1.807) is 18.2 Å². The van der Waals surface area contributed by atoms with E-state index in [4.69, 9.17) is 11.6 Å². The molecule has 0 bridgehead atoms. The molecule has 2 N–H and O–H groups in total. The van der Waals surface area contributed by atoms with Crippen LogP contribution in [-0.4, -0.2) is 16.9 Å². The summed E-state index contributed by atoms with van der Waals surface area (Å²) in [5, 5.41) is 12.5. The summed E-state index contributed by atoms with van der Waals surface area (Å²) >= 11 is 6.19. The molecule has 0 radical (unpaired) electrons. The molecule has 4 nitrogen and oxygen atoms in total. The van der Waals surface area contributed by atoms with Gasteiger partial charge in [0.2, 0.25) is 0 Å². The standard InChI is InChI=1S/C19H16ClNO3/c20-18-16(21-15-9-5-4-8-14(15)19(23)24)10-13(11-17(18)22)12-6-2-1-3-7-12/h1-9,13,21H,10-11H2,(H,23,24)/t13-/m0/s1. The lowest BCUT2D eigenvalue weighted by molar-refractivity contribution is -0.115. The Morgan fingerprint density at radius 1 is 1.04 bits per heavy atom. The molecular formula is C19H16ClNO3. The third-order valence-electron chi connectivity index (χ3n) is 4.11. The number of para-hydroxylation sites is 1. The molecule has 2 aromatic carbocycles. The van der Waals surface area contributed by atoms with Crippen molar-refractivity contribution >= 4 is 29.0 Å². The number of carbonyl (C=O) groups excluding carboxylic acids is 1. The highest BCUT2D eigenvalue weighted by Gasteiger charge is 2.28. The van der Waals surface area contributed by atoms with Gasteiger partial charge in [-0.3, -0.25) is 4.79 Å². The number of hydrogen-bond acceptors (Lipinski definition) is 3. The van der Waals surface area contributed by atoms with Gasteiger partial charge in [0.25, 0.3) is 0 Å². The van der Waals surface area contributed by atoms with Gasteiger partial charge in [0.05, 0.1) is 11.3 Å². The van der Waals surface area contributed by atoms with Crippen molar-refractivity contribution in [2.24, 2.45) is 0 Å². The number of anilines is 1. The van der Waals surface area contributed by atoms with Gasteiger partial charge in [-0.1, -0.05) is 54.1 Å². The molecule has 1 aliphatic carbocycles. The number of ketones is 1. The molecule has 0 amide bonds. The number of nitrogens with one attached hydrogen (secondary N) is 1. The lowest BCUT2D eigenvalue weighted by atomic mass is 9.85. The van der Waals surface area contributed by atoms with Crippen molar-refractivity contribution in [3.05, 3.63) is 76.5 Å². The van der Waals surface area contributed by atoms with Gasteiger partial charge in [-0.25, -0.2) is 4.79 Å². The zero-order valence-corrected chi connectivity index (χ0v) is 13.6. The smallest absolute Gasteiger partial charge is 0.337 e. The number of carboxylic acid groups (broad SMARTS) is 1. The minimum absolute atomic E-state index is 0.0284. The first-order valence-corrected chi connectivity index (χ1v) is 8.00. The molecular weight excluding hydrogens is 326 g/mol. The van der Waals surface area contributed by atoms with Crippen LogP contribution in [0, 0.1) is 0 Å². The fourth-order valence-electron chi connectivity index (χ4n) is 2.90. The van der Waals surface area contributed by atoms with Crippen LogP contribution in [0.3, 0.4) is 0 Å². The number of carboxylic acids is 1. The lowest BCUT2D eigenvalue weighted by Gasteiger charge is -2.25. The molecule has 0 aliphatic heterocycles. The fraction of sp³-hybridized carbons (Fsp3) is 0.158. The van der Waals surface area contributed by atoms with E-state index in [9.17, 15) is 14.7 Å². The normalized spacial score (nSPS) is 17.7. The number of rotatable bonds is 4. The third kappa shape index (κ3) is 3.34. The Morgan fingerprint density at radius 2 is 1.71 bits per heavy atom. The van der Waals surface area contributed by atoms with Crippen molar-refractivity contribution in [3.8, 4) is 0 Å². The highest BCUT2D eigenvalue weighted by molar-refractivity contribution is 6.43. The Balaban J connectivity index is 1.91. The molecule has 1 atom stereocenters. The molecule has 0 heterocycles. The summed E-state index contributed by atoms with van der Waals surface area (Å²) in [7, 11) is 0. The molecule has 0 aromatic heterocycles. The molecule has 2 aromatic rings. The van der Waals surface area contributed by atoms with Crippen LogP contribution < -0.4 is 5.32 Å². The van der Waals surface area contributed by atoms with Crippen molar-refractivity contribution in [2.75, 3.05) is 5.32 Å². The number of benzene rings is 2. The maximum atomic E-state index is 12.3. The predicted octanol–water partition coefficient (Wildman–Crippen LogP) is 4.39. The first-order chi connectivity index (χ1) is 11.6. The molecule has 0 saturated heterocycles. The van der Waals surface area contributed by atoms with Crippen LogP contribution in [0.1, 0.15) is 34.7 Å².